The molecule has 6 nitrogen and oxygen atoms in total. The number of hydrogen-bond donors (Lipinski definition) is 1. The van der Waals surface area contributed by atoms with E-state index < -0.39 is 0 Å². The van der Waals surface area contributed by atoms with E-state index in [1.807, 2.05) is 25.3 Å². The predicted molar refractivity (Wildman–Crippen MR) is 86.9 cm³/mol. The average molecular weight is 299 g/mol. The van der Waals surface area contributed by atoms with Gasteiger partial charge in [-0.05, 0) is 38.3 Å². The Labute approximate surface area is 130 Å². The van der Waals surface area contributed by atoms with Crippen molar-refractivity contribution in [2.75, 3.05) is 30.4 Å². The second-order valence-corrected chi connectivity index (χ2v) is 5.45. The molecule has 0 aromatic carbocycles. The summed E-state index contributed by atoms with van der Waals surface area (Å²) < 4.78 is 5.16. The summed E-state index contributed by atoms with van der Waals surface area (Å²) in [5.74, 6) is 2.10. The lowest BCUT2D eigenvalue weighted by Crippen LogP contribution is -2.29. The first-order valence-corrected chi connectivity index (χ1v) is 7.62. The van der Waals surface area contributed by atoms with Gasteiger partial charge >= 0.3 is 0 Å². The lowest BCUT2D eigenvalue weighted by Gasteiger charge is -2.27. The molecule has 0 amide bonds. The summed E-state index contributed by atoms with van der Waals surface area (Å²) in [5.41, 5.74) is 1.72. The summed E-state index contributed by atoms with van der Waals surface area (Å²) in [7, 11) is 1.60. The molecular weight excluding hydrogens is 278 g/mol. The number of piperidine rings is 1. The van der Waals surface area contributed by atoms with Crippen LogP contribution in [-0.4, -0.2) is 35.2 Å². The third-order valence-corrected chi connectivity index (χ3v) is 3.72. The topological polar surface area (TPSA) is 63.2 Å². The van der Waals surface area contributed by atoms with Gasteiger partial charge in [-0.2, -0.15) is 4.98 Å². The van der Waals surface area contributed by atoms with Gasteiger partial charge in [-0.1, -0.05) is 0 Å². The minimum Gasteiger partial charge on any atom is -0.481 e. The Balaban J connectivity index is 1.71. The second kappa shape index (κ2) is 6.60. The van der Waals surface area contributed by atoms with Crippen LogP contribution in [-0.2, 0) is 0 Å². The fourth-order valence-electron chi connectivity index (χ4n) is 2.60. The number of nitrogens with one attached hydrogen (secondary N) is 1. The summed E-state index contributed by atoms with van der Waals surface area (Å²) in [6.45, 7) is 4.10. The van der Waals surface area contributed by atoms with Crippen LogP contribution in [0.5, 0.6) is 5.88 Å². The Morgan fingerprint density at radius 2 is 1.95 bits per heavy atom. The zero-order chi connectivity index (χ0) is 15.4. The molecule has 0 bridgehead atoms. The van der Waals surface area contributed by atoms with E-state index in [-0.39, 0.29) is 0 Å². The van der Waals surface area contributed by atoms with E-state index in [0.717, 1.165) is 30.3 Å². The maximum absolute atomic E-state index is 5.16. The molecule has 6 heteroatoms. The molecule has 1 aliphatic heterocycles. The van der Waals surface area contributed by atoms with Gasteiger partial charge in [-0.25, -0.2) is 9.97 Å². The van der Waals surface area contributed by atoms with Crippen molar-refractivity contribution in [2.24, 2.45) is 0 Å². The van der Waals surface area contributed by atoms with E-state index >= 15 is 0 Å². The molecule has 1 saturated heterocycles. The van der Waals surface area contributed by atoms with Gasteiger partial charge in [0.2, 0.25) is 11.8 Å². The molecule has 0 radical (unpaired) electrons. The first kappa shape index (κ1) is 14.6. The minimum absolute atomic E-state index is 0.518. The summed E-state index contributed by atoms with van der Waals surface area (Å²) in [6.07, 6.45) is 5.64. The molecule has 3 heterocycles. The van der Waals surface area contributed by atoms with Crippen LogP contribution >= 0.6 is 0 Å². The van der Waals surface area contributed by atoms with Crippen LogP contribution < -0.4 is 15.0 Å². The molecule has 0 spiro atoms. The van der Waals surface area contributed by atoms with Gasteiger partial charge in [-0.15, -0.1) is 0 Å². The normalized spacial score (nSPS) is 14.7. The van der Waals surface area contributed by atoms with Gasteiger partial charge in [0.1, 0.15) is 5.82 Å². The highest BCUT2D eigenvalue weighted by Gasteiger charge is 2.12. The number of rotatable bonds is 4. The van der Waals surface area contributed by atoms with Crippen LogP contribution in [0.15, 0.2) is 24.4 Å². The summed E-state index contributed by atoms with van der Waals surface area (Å²) in [4.78, 5) is 15.5. The first-order chi connectivity index (χ1) is 10.7. The minimum atomic E-state index is 0.518. The van der Waals surface area contributed by atoms with Crippen LogP contribution in [0.4, 0.5) is 17.5 Å². The Bertz CT molecular complexity index is 623. The molecule has 0 unspecified atom stereocenters. The van der Waals surface area contributed by atoms with Crippen LogP contribution in [0, 0.1) is 6.92 Å². The largest absolute Gasteiger partial charge is 0.481 e. The van der Waals surface area contributed by atoms with Gasteiger partial charge in [-0.3, -0.25) is 0 Å². The number of nitrogens with zero attached hydrogens (tertiary/aromatic N) is 4. The number of methoxy groups -OCH3 is 1. The van der Waals surface area contributed by atoms with Gasteiger partial charge < -0.3 is 15.0 Å². The van der Waals surface area contributed by atoms with Gasteiger partial charge in [0.25, 0.3) is 0 Å². The third-order valence-electron chi connectivity index (χ3n) is 3.72. The van der Waals surface area contributed by atoms with Crippen molar-refractivity contribution in [2.45, 2.75) is 26.2 Å². The van der Waals surface area contributed by atoms with E-state index in [9.17, 15) is 0 Å². The van der Waals surface area contributed by atoms with Crippen molar-refractivity contribution in [1.82, 2.24) is 15.0 Å². The maximum Gasteiger partial charge on any atom is 0.230 e. The Kier molecular flexibility index (Phi) is 4.37. The van der Waals surface area contributed by atoms with Crippen molar-refractivity contribution in [3.05, 3.63) is 30.1 Å². The molecule has 3 rings (SSSR count). The lowest BCUT2D eigenvalue weighted by atomic mass is 10.1. The van der Waals surface area contributed by atoms with Crippen LogP contribution in [0.25, 0.3) is 0 Å². The molecule has 0 atom stereocenters. The van der Waals surface area contributed by atoms with Crippen LogP contribution in [0.2, 0.25) is 0 Å². The van der Waals surface area contributed by atoms with E-state index in [0.29, 0.717) is 11.8 Å². The van der Waals surface area contributed by atoms with E-state index in [1.54, 1.807) is 13.2 Å². The molecular formula is C16H21N5O. The molecule has 1 aliphatic rings. The van der Waals surface area contributed by atoms with Crippen molar-refractivity contribution in [3.63, 3.8) is 0 Å². The number of ether oxygens (including phenoxy) is 1. The van der Waals surface area contributed by atoms with Gasteiger partial charge in [0, 0.05) is 24.8 Å². The fraction of sp³-hybridized carbons (Fsp3) is 0.438. The standard InChI is InChI=1S/C16H21N5O/c1-12-10-15(22-2)20-16(18-12)19-13-6-7-14(17-11-13)21-8-4-3-5-9-21/h6-7,10-11H,3-5,8-9H2,1-2H3,(H,18,19,20). The second-order valence-electron chi connectivity index (χ2n) is 5.45. The van der Waals surface area contributed by atoms with Crippen LogP contribution in [0.3, 0.4) is 0 Å². The number of pyridine rings is 1. The number of aromatic nitrogens is 3. The number of anilines is 3. The third kappa shape index (κ3) is 3.44. The molecule has 0 aliphatic carbocycles. The Morgan fingerprint density at radius 3 is 2.64 bits per heavy atom. The first-order valence-electron chi connectivity index (χ1n) is 7.62. The number of aryl methyl sites for hydroxylation is 1. The highest BCUT2D eigenvalue weighted by molar-refractivity contribution is 5.55. The monoisotopic (exact) mass is 299 g/mol. The Morgan fingerprint density at radius 1 is 1.14 bits per heavy atom. The average Bonchev–Trinajstić information content (AvgIpc) is 2.56. The Hall–Kier alpha value is -2.37. The molecule has 2 aromatic heterocycles. The van der Waals surface area contributed by atoms with E-state index in [2.05, 4.69) is 25.2 Å². The van der Waals surface area contributed by atoms with Crippen molar-refractivity contribution in [1.29, 1.82) is 0 Å². The smallest absolute Gasteiger partial charge is 0.230 e. The molecule has 1 N–H and O–H groups in total. The van der Waals surface area contributed by atoms with Gasteiger partial charge in [0.05, 0.1) is 19.0 Å². The van der Waals surface area contributed by atoms with Crippen molar-refractivity contribution in [3.8, 4) is 5.88 Å². The van der Waals surface area contributed by atoms with Crippen molar-refractivity contribution >= 4 is 17.5 Å². The van der Waals surface area contributed by atoms with Crippen LogP contribution in [0.1, 0.15) is 25.0 Å². The fourth-order valence-corrected chi connectivity index (χ4v) is 2.60. The zero-order valence-corrected chi connectivity index (χ0v) is 13.0. The molecule has 2 aromatic rings. The summed E-state index contributed by atoms with van der Waals surface area (Å²) in [5, 5.41) is 3.17. The van der Waals surface area contributed by atoms with E-state index in [1.165, 1.54) is 19.3 Å². The molecule has 0 saturated carbocycles. The summed E-state index contributed by atoms with van der Waals surface area (Å²) >= 11 is 0. The highest BCUT2D eigenvalue weighted by Crippen LogP contribution is 2.21. The zero-order valence-electron chi connectivity index (χ0n) is 13.0. The predicted octanol–water partition coefficient (Wildman–Crippen LogP) is 2.92. The molecule has 116 valence electrons. The molecule has 1 fully saturated rings. The van der Waals surface area contributed by atoms with Gasteiger partial charge in [0.15, 0.2) is 0 Å². The highest BCUT2D eigenvalue weighted by atomic mass is 16.5. The lowest BCUT2D eigenvalue weighted by molar-refractivity contribution is 0.397. The maximum atomic E-state index is 5.16. The summed E-state index contributed by atoms with van der Waals surface area (Å²) in [6, 6.07) is 5.85. The number of hydrogen-bond acceptors (Lipinski definition) is 6. The SMILES string of the molecule is COc1cc(C)nc(Nc2ccc(N3CCCCC3)nc2)n1. The van der Waals surface area contributed by atoms with E-state index in [4.69, 9.17) is 4.74 Å². The molecule has 22 heavy (non-hydrogen) atoms. The van der Waals surface area contributed by atoms with Crippen molar-refractivity contribution < 1.29 is 4.74 Å². The quantitative estimate of drug-likeness (QED) is 0.936.